The lowest BCUT2D eigenvalue weighted by molar-refractivity contribution is -0.148. The maximum atomic E-state index is 12.8. The molecular weight excluding hydrogens is 334 g/mol. The fourth-order valence-electron chi connectivity index (χ4n) is 2.51. The Morgan fingerprint density at radius 2 is 1.77 bits per heavy atom. The highest BCUT2D eigenvalue weighted by atomic mass is 16.5. The highest BCUT2D eigenvalue weighted by Gasteiger charge is 2.24. The van der Waals surface area contributed by atoms with Gasteiger partial charge in [-0.3, -0.25) is 9.59 Å². The number of ether oxygens (including phenoxy) is 1. The van der Waals surface area contributed by atoms with Gasteiger partial charge in [0.1, 0.15) is 6.61 Å². The number of carboxylic acid groups (broad SMARTS) is 1. The number of rotatable bonds is 7. The SMILES string of the molecule is CCC(=O)OC[C@H](NC(=O)c1c(C)cccc1-c1ccccc1)C(=O)O. The molecule has 1 atom stereocenters. The molecule has 0 unspecified atom stereocenters. The van der Waals surface area contributed by atoms with Gasteiger partial charge in [0, 0.05) is 6.42 Å². The van der Waals surface area contributed by atoms with Crippen LogP contribution in [0.3, 0.4) is 0 Å². The molecule has 2 rings (SSSR count). The minimum atomic E-state index is -1.32. The lowest BCUT2D eigenvalue weighted by atomic mass is 9.95. The fourth-order valence-corrected chi connectivity index (χ4v) is 2.51. The highest BCUT2D eigenvalue weighted by Crippen LogP contribution is 2.26. The zero-order chi connectivity index (χ0) is 19.1. The van der Waals surface area contributed by atoms with E-state index in [1.807, 2.05) is 42.5 Å². The summed E-state index contributed by atoms with van der Waals surface area (Å²) in [5, 5.41) is 11.8. The number of aliphatic carboxylic acids is 1. The van der Waals surface area contributed by atoms with Gasteiger partial charge in [-0.05, 0) is 23.6 Å². The van der Waals surface area contributed by atoms with Gasteiger partial charge in [0.2, 0.25) is 0 Å². The van der Waals surface area contributed by atoms with Crippen molar-refractivity contribution in [2.75, 3.05) is 6.61 Å². The van der Waals surface area contributed by atoms with Gasteiger partial charge in [-0.25, -0.2) is 4.79 Å². The molecule has 0 heterocycles. The highest BCUT2D eigenvalue weighted by molar-refractivity contribution is 6.03. The lowest BCUT2D eigenvalue weighted by Crippen LogP contribution is -2.44. The molecule has 26 heavy (non-hydrogen) atoms. The van der Waals surface area contributed by atoms with Gasteiger partial charge in [-0.2, -0.15) is 0 Å². The Morgan fingerprint density at radius 1 is 1.08 bits per heavy atom. The van der Waals surface area contributed by atoms with Gasteiger partial charge >= 0.3 is 11.9 Å². The maximum Gasteiger partial charge on any atom is 0.329 e. The second kappa shape index (κ2) is 8.80. The zero-order valence-electron chi connectivity index (χ0n) is 14.7. The Kier molecular flexibility index (Phi) is 6.49. The van der Waals surface area contributed by atoms with E-state index in [9.17, 15) is 19.5 Å². The van der Waals surface area contributed by atoms with Crippen LogP contribution in [-0.2, 0) is 14.3 Å². The van der Waals surface area contributed by atoms with E-state index in [1.54, 1.807) is 19.9 Å². The number of benzene rings is 2. The summed E-state index contributed by atoms with van der Waals surface area (Å²) in [6, 6.07) is 13.5. The summed E-state index contributed by atoms with van der Waals surface area (Å²) >= 11 is 0. The second-order valence-corrected chi connectivity index (χ2v) is 5.76. The number of carbonyl (C=O) groups is 3. The third-order valence-electron chi connectivity index (χ3n) is 3.89. The molecule has 0 radical (unpaired) electrons. The summed E-state index contributed by atoms with van der Waals surface area (Å²) in [5.41, 5.74) is 2.67. The van der Waals surface area contributed by atoms with E-state index in [0.717, 1.165) is 11.1 Å². The zero-order valence-corrected chi connectivity index (χ0v) is 14.7. The number of nitrogens with one attached hydrogen (secondary N) is 1. The van der Waals surface area contributed by atoms with Crippen molar-refractivity contribution in [1.29, 1.82) is 0 Å². The molecule has 0 aliphatic rings. The van der Waals surface area contributed by atoms with E-state index in [-0.39, 0.29) is 6.42 Å². The fraction of sp³-hybridized carbons (Fsp3) is 0.250. The molecule has 0 saturated carbocycles. The van der Waals surface area contributed by atoms with E-state index in [0.29, 0.717) is 11.1 Å². The van der Waals surface area contributed by atoms with Crippen LogP contribution in [0.25, 0.3) is 11.1 Å². The van der Waals surface area contributed by atoms with Gasteiger partial charge in [0.25, 0.3) is 5.91 Å². The van der Waals surface area contributed by atoms with Crippen LogP contribution < -0.4 is 5.32 Å². The van der Waals surface area contributed by atoms with Crippen LogP contribution >= 0.6 is 0 Å². The smallest absolute Gasteiger partial charge is 0.329 e. The van der Waals surface area contributed by atoms with E-state index >= 15 is 0 Å². The third kappa shape index (κ3) is 4.69. The van der Waals surface area contributed by atoms with Crippen molar-refractivity contribution in [3.63, 3.8) is 0 Å². The molecule has 2 aromatic rings. The molecule has 0 aliphatic carbocycles. The standard InChI is InChI=1S/C20H21NO5/c1-3-17(22)26-12-16(20(24)25)21-19(23)18-13(2)8-7-11-15(18)14-9-5-4-6-10-14/h4-11,16H,3,12H2,1-2H3,(H,21,23)(H,24,25)/t16-/m0/s1. The first-order chi connectivity index (χ1) is 12.4. The molecule has 1 amide bonds. The van der Waals surface area contributed by atoms with E-state index < -0.39 is 30.5 Å². The van der Waals surface area contributed by atoms with Crippen molar-refractivity contribution in [2.45, 2.75) is 26.3 Å². The summed E-state index contributed by atoms with van der Waals surface area (Å²) in [4.78, 5) is 35.4. The summed E-state index contributed by atoms with van der Waals surface area (Å²) in [6.07, 6.45) is 0.135. The summed E-state index contributed by atoms with van der Waals surface area (Å²) in [5.74, 6) is -2.31. The molecule has 2 N–H and O–H groups in total. The Balaban J connectivity index is 2.28. The Labute approximate surface area is 151 Å². The first-order valence-electron chi connectivity index (χ1n) is 8.28. The first kappa shape index (κ1) is 19.2. The number of aryl methyl sites for hydroxylation is 1. The predicted octanol–water partition coefficient (Wildman–Crippen LogP) is 2.80. The summed E-state index contributed by atoms with van der Waals surface area (Å²) < 4.78 is 4.86. The monoisotopic (exact) mass is 355 g/mol. The Hall–Kier alpha value is -3.15. The molecule has 0 spiro atoms. The van der Waals surface area contributed by atoms with Crippen molar-refractivity contribution in [2.24, 2.45) is 0 Å². The molecule has 6 heteroatoms. The van der Waals surface area contributed by atoms with E-state index in [2.05, 4.69) is 5.32 Å². The summed E-state index contributed by atoms with van der Waals surface area (Å²) in [7, 11) is 0. The number of carbonyl (C=O) groups excluding carboxylic acids is 2. The second-order valence-electron chi connectivity index (χ2n) is 5.76. The molecule has 0 saturated heterocycles. The molecule has 2 aromatic carbocycles. The summed E-state index contributed by atoms with van der Waals surface area (Å²) in [6.45, 7) is 2.98. The van der Waals surface area contributed by atoms with Crippen LogP contribution in [0.4, 0.5) is 0 Å². The maximum absolute atomic E-state index is 12.8. The van der Waals surface area contributed by atoms with Crippen LogP contribution in [0, 0.1) is 6.92 Å². The Morgan fingerprint density at radius 3 is 2.38 bits per heavy atom. The minimum Gasteiger partial charge on any atom is -0.480 e. The Bertz CT molecular complexity index is 801. The quantitative estimate of drug-likeness (QED) is 0.745. The number of carboxylic acids is 1. The number of amides is 1. The lowest BCUT2D eigenvalue weighted by Gasteiger charge is -2.17. The minimum absolute atomic E-state index is 0.135. The van der Waals surface area contributed by atoms with Crippen LogP contribution in [0.1, 0.15) is 29.3 Å². The predicted molar refractivity (Wildman–Crippen MR) is 96.8 cm³/mol. The van der Waals surface area contributed by atoms with Gasteiger partial charge in [-0.15, -0.1) is 0 Å². The van der Waals surface area contributed by atoms with Crippen LogP contribution in [-0.4, -0.2) is 35.6 Å². The molecule has 0 aromatic heterocycles. The van der Waals surface area contributed by atoms with Gasteiger partial charge in [0.05, 0.1) is 5.56 Å². The van der Waals surface area contributed by atoms with Crippen molar-refractivity contribution < 1.29 is 24.2 Å². The number of hydrogen-bond donors (Lipinski definition) is 2. The average molecular weight is 355 g/mol. The van der Waals surface area contributed by atoms with Crippen LogP contribution in [0.5, 0.6) is 0 Å². The van der Waals surface area contributed by atoms with Crippen LogP contribution in [0.15, 0.2) is 48.5 Å². The molecular formula is C20H21NO5. The normalized spacial score (nSPS) is 11.5. The van der Waals surface area contributed by atoms with Crippen molar-refractivity contribution in [1.82, 2.24) is 5.32 Å². The van der Waals surface area contributed by atoms with Gasteiger partial charge in [0.15, 0.2) is 6.04 Å². The molecule has 6 nitrogen and oxygen atoms in total. The average Bonchev–Trinajstić information content (AvgIpc) is 2.64. The molecule has 0 aliphatic heterocycles. The number of hydrogen-bond acceptors (Lipinski definition) is 4. The molecule has 0 fully saturated rings. The molecule has 0 bridgehead atoms. The van der Waals surface area contributed by atoms with Gasteiger partial charge < -0.3 is 15.2 Å². The van der Waals surface area contributed by atoms with Crippen molar-refractivity contribution >= 4 is 17.8 Å². The topological polar surface area (TPSA) is 92.7 Å². The molecule has 136 valence electrons. The first-order valence-corrected chi connectivity index (χ1v) is 8.28. The van der Waals surface area contributed by atoms with E-state index in [1.165, 1.54) is 0 Å². The van der Waals surface area contributed by atoms with Crippen LogP contribution in [0.2, 0.25) is 0 Å². The third-order valence-corrected chi connectivity index (χ3v) is 3.89. The van der Waals surface area contributed by atoms with E-state index in [4.69, 9.17) is 4.74 Å². The van der Waals surface area contributed by atoms with Crippen molar-refractivity contribution in [3.05, 3.63) is 59.7 Å². The number of esters is 1. The van der Waals surface area contributed by atoms with Crippen molar-refractivity contribution in [3.8, 4) is 11.1 Å². The van der Waals surface area contributed by atoms with Gasteiger partial charge in [-0.1, -0.05) is 55.5 Å². The largest absolute Gasteiger partial charge is 0.480 e.